The van der Waals surface area contributed by atoms with E-state index in [4.69, 9.17) is 0 Å². The molecule has 1 aliphatic rings. The largest absolute Gasteiger partial charge is 0.362 e. The Hall–Kier alpha value is -1.69. The molecule has 0 radical (unpaired) electrons. The van der Waals surface area contributed by atoms with Gasteiger partial charge in [0.1, 0.15) is 11.6 Å². The number of rotatable bonds is 2. The fourth-order valence-electron chi connectivity index (χ4n) is 2.54. The molecule has 5 nitrogen and oxygen atoms in total. The Labute approximate surface area is 126 Å². The predicted octanol–water partition coefficient (Wildman–Crippen LogP) is 2.26. The highest BCUT2D eigenvalue weighted by Crippen LogP contribution is 2.32. The van der Waals surface area contributed by atoms with Crippen LogP contribution in [0.1, 0.15) is 11.1 Å². The van der Waals surface area contributed by atoms with E-state index in [9.17, 15) is 0 Å². The smallest absolute Gasteiger partial charge is 0.147 e. The van der Waals surface area contributed by atoms with Crippen LogP contribution in [0.5, 0.6) is 0 Å². The van der Waals surface area contributed by atoms with Gasteiger partial charge < -0.3 is 9.80 Å². The van der Waals surface area contributed by atoms with Crippen LogP contribution in [-0.4, -0.2) is 35.6 Å². The van der Waals surface area contributed by atoms with Gasteiger partial charge in [-0.3, -0.25) is 4.98 Å². The van der Waals surface area contributed by atoms with Crippen molar-refractivity contribution in [2.24, 2.45) is 0 Å². The summed E-state index contributed by atoms with van der Waals surface area (Å²) < 4.78 is 1.09. The number of anilines is 2. The van der Waals surface area contributed by atoms with Crippen molar-refractivity contribution in [2.45, 2.75) is 13.0 Å². The quantitative estimate of drug-likeness (QED) is 0.843. The summed E-state index contributed by atoms with van der Waals surface area (Å²) in [4.78, 5) is 17.4. The predicted molar refractivity (Wildman–Crippen MR) is 83.1 cm³/mol. The van der Waals surface area contributed by atoms with E-state index >= 15 is 0 Å². The molecule has 2 aromatic rings. The van der Waals surface area contributed by atoms with Crippen LogP contribution in [0.15, 0.2) is 29.3 Å². The van der Waals surface area contributed by atoms with Crippen LogP contribution in [0.3, 0.4) is 0 Å². The molecule has 0 saturated heterocycles. The van der Waals surface area contributed by atoms with Crippen LogP contribution in [-0.2, 0) is 13.0 Å². The second kappa shape index (κ2) is 5.36. The van der Waals surface area contributed by atoms with Gasteiger partial charge in [-0.25, -0.2) is 9.97 Å². The lowest BCUT2D eigenvalue weighted by atomic mass is 10.0. The first-order chi connectivity index (χ1) is 9.66. The highest BCUT2D eigenvalue weighted by molar-refractivity contribution is 9.10. The average molecular weight is 334 g/mol. The molecule has 0 bridgehead atoms. The second-order valence-electron chi connectivity index (χ2n) is 5.02. The summed E-state index contributed by atoms with van der Waals surface area (Å²) >= 11 is 3.61. The van der Waals surface area contributed by atoms with E-state index in [1.54, 1.807) is 12.4 Å². The molecule has 2 aromatic heterocycles. The van der Waals surface area contributed by atoms with Crippen LogP contribution >= 0.6 is 15.9 Å². The van der Waals surface area contributed by atoms with E-state index in [1.165, 1.54) is 11.1 Å². The fourth-order valence-corrected chi connectivity index (χ4v) is 3.08. The number of hydrogen-bond acceptors (Lipinski definition) is 5. The van der Waals surface area contributed by atoms with Gasteiger partial charge in [0.2, 0.25) is 0 Å². The van der Waals surface area contributed by atoms with Crippen LogP contribution in [0.2, 0.25) is 0 Å². The average Bonchev–Trinajstić information content (AvgIpc) is 2.48. The summed E-state index contributed by atoms with van der Waals surface area (Å²) in [5.41, 5.74) is 2.62. The van der Waals surface area contributed by atoms with Crippen molar-refractivity contribution in [1.29, 1.82) is 0 Å². The van der Waals surface area contributed by atoms with E-state index in [0.29, 0.717) is 0 Å². The molecule has 0 fully saturated rings. The molecule has 0 unspecified atom stereocenters. The third-order valence-corrected chi connectivity index (χ3v) is 4.18. The zero-order chi connectivity index (χ0) is 14.1. The number of fused-ring (bicyclic) bond motifs is 1. The van der Waals surface area contributed by atoms with E-state index < -0.39 is 0 Å². The summed E-state index contributed by atoms with van der Waals surface area (Å²) in [6.07, 6.45) is 8.12. The van der Waals surface area contributed by atoms with Crippen LogP contribution < -0.4 is 9.80 Å². The van der Waals surface area contributed by atoms with E-state index in [-0.39, 0.29) is 0 Å². The Kier molecular flexibility index (Phi) is 3.56. The SMILES string of the molecule is CN(C)c1ncc(Br)c2c1CN(c1cnccn1)CC2. The summed E-state index contributed by atoms with van der Waals surface area (Å²) in [5.74, 6) is 1.94. The van der Waals surface area contributed by atoms with Gasteiger partial charge in [0.15, 0.2) is 0 Å². The molecule has 20 heavy (non-hydrogen) atoms. The minimum Gasteiger partial charge on any atom is -0.362 e. The van der Waals surface area contributed by atoms with Crippen molar-refractivity contribution < 1.29 is 0 Å². The second-order valence-corrected chi connectivity index (χ2v) is 5.87. The topological polar surface area (TPSA) is 45.2 Å². The number of hydrogen-bond donors (Lipinski definition) is 0. The maximum atomic E-state index is 4.54. The Morgan fingerprint density at radius 2 is 2.00 bits per heavy atom. The third kappa shape index (κ3) is 2.35. The van der Waals surface area contributed by atoms with Crippen LogP contribution in [0, 0.1) is 0 Å². The Morgan fingerprint density at radius 3 is 2.70 bits per heavy atom. The first-order valence-electron chi connectivity index (χ1n) is 6.51. The monoisotopic (exact) mass is 333 g/mol. The molecule has 6 heteroatoms. The normalized spacial score (nSPS) is 14.1. The summed E-state index contributed by atoms with van der Waals surface area (Å²) in [7, 11) is 4.05. The zero-order valence-electron chi connectivity index (χ0n) is 11.5. The summed E-state index contributed by atoms with van der Waals surface area (Å²) in [6, 6.07) is 0. The fraction of sp³-hybridized carbons (Fsp3) is 0.357. The molecule has 0 saturated carbocycles. The molecule has 0 aliphatic carbocycles. The van der Waals surface area contributed by atoms with Gasteiger partial charge in [-0.15, -0.1) is 0 Å². The molecule has 0 aromatic carbocycles. The van der Waals surface area contributed by atoms with Gasteiger partial charge in [0.25, 0.3) is 0 Å². The zero-order valence-corrected chi connectivity index (χ0v) is 13.1. The van der Waals surface area contributed by atoms with Gasteiger partial charge in [-0.2, -0.15) is 0 Å². The third-order valence-electron chi connectivity index (χ3n) is 3.50. The summed E-state index contributed by atoms with van der Waals surface area (Å²) in [6.45, 7) is 1.76. The van der Waals surface area contributed by atoms with Crippen LogP contribution in [0.4, 0.5) is 11.6 Å². The number of aromatic nitrogens is 3. The molecule has 3 heterocycles. The minimum absolute atomic E-state index is 0.813. The molecular weight excluding hydrogens is 318 g/mol. The molecule has 1 aliphatic heterocycles. The van der Waals surface area contributed by atoms with E-state index in [2.05, 4.69) is 40.7 Å². The van der Waals surface area contributed by atoms with Gasteiger partial charge in [-0.05, 0) is 27.9 Å². The molecular formula is C14H16BrN5. The maximum absolute atomic E-state index is 4.54. The Bertz CT molecular complexity index is 614. The first-order valence-corrected chi connectivity index (χ1v) is 7.30. The number of halogens is 1. The molecule has 0 spiro atoms. The van der Waals surface area contributed by atoms with Crippen molar-refractivity contribution in [1.82, 2.24) is 15.0 Å². The standard InChI is InChI=1S/C14H16BrN5/c1-19(2)14-11-9-20(13-8-16-4-5-17-13)6-3-10(11)12(15)7-18-14/h4-5,7-8H,3,6,9H2,1-2H3. The van der Waals surface area contributed by atoms with Crippen molar-refractivity contribution in [2.75, 3.05) is 30.4 Å². The van der Waals surface area contributed by atoms with Gasteiger partial charge in [0.05, 0.1) is 6.20 Å². The van der Waals surface area contributed by atoms with Gasteiger partial charge >= 0.3 is 0 Å². The van der Waals surface area contributed by atoms with Gasteiger partial charge in [0, 0.05) is 55.8 Å². The highest BCUT2D eigenvalue weighted by atomic mass is 79.9. The van der Waals surface area contributed by atoms with E-state index in [0.717, 1.165) is 35.6 Å². The molecule has 3 rings (SSSR count). The summed E-state index contributed by atoms with van der Waals surface area (Å²) in [5, 5.41) is 0. The lowest BCUT2D eigenvalue weighted by Crippen LogP contribution is -2.33. The van der Waals surface area contributed by atoms with Crippen molar-refractivity contribution >= 4 is 27.6 Å². The van der Waals surface area contributed by atoms with E-state index in [1.807, 2.05) is 26.5 Å². The minimum atomic E-state index is 0.813. The number of nitrogens with zero attached hydrogens (tertiary/aromatic N) is 5. The first kappa shape index (κ1) is 13.3. The Balaban J connectivity index is 2.00. The highest BCUT2D eigenvalue weighted by Gasteiger charge is 2.23. The number of pyridine rings is 1. The molecule has 0 N–H and O–H groups in total. The Morgan fingerprint density at radius 1 is 1.15 bits per heavy atom. The lowest BCUT2D eigenvalue weighted by Gasteiger charge is -2.32. The van der Waals surface area contributed by atoms with Crippen molar-refractivity contribution in [3.63, 3.8) is 0 Å². The van der Waals surface area contributed by atoms with Crippen molar-refractivity contribution in [3.05, 3.63) is 40.4 Å². The van der Waals surface area contributed by atoms with Crippen molar-refractivity contribution in [3.8, 4) is 0 Å². The maximum Gasteiger partial charge on any atom is 0.147 e. The lowest BCUT2D eigenvalue weighted by molar-refractivity contribution is 0.710. The molecule has 104 valence electrons. The van der Waals surface area contributed by atoms with Crippen LogP contribution in [0.25, 0.3) is 0 Å². The molecule has 0 amide bonds. The van der Waals surface area contributed by atoms with Gasteiger partial charge in [-0.1, -0.05) is 0 Å². The molecule has 0 atom stereocenters.